The Morgan fingerprint density at radius 2 is 2.07 bits per heavy atom. The summed E-state index contributed by atoms with van der Waals surface area (Å²) in [5, 5.41) is 0. The molecule has 0 saturated carbocycles. The summed E-state index contributed by atoms with van der Waals surface area (Å²) in [6.07, 6.45) is 1.44. The largest absolute Gasteiger partial charge is 0.328 e. The molecule has 1 atom stereocenters. The van der Waals surface area contributed by atoms with Crippen molar-refractivity contribution in [3.63, 3.8) is 0 Å². The molecule has 4 heteroatoms. The van der Waals surface area contributed by atoms with Gasteiger partial charge in [-0.25, -0.2) is 4.98 Å². The number of H-pyrrole nitrogens is 1. The second-order valence-electron chi connectivity index (χ2n) is 4.46. The van der Waals surface area contributed by atoms with Crippen LogP contribution in [0.3, 0.4) is 0 Å². The van der Waals surface area contributed by atoms with E-state index in [0.29, 0.717) is 18.2 Å². The van der Waals surface area contributed by atoms with Gasteiger partial charge in [-0.2, -0.15) is 0 Å². The van der Waals surface area contributed by atoms with Gasteiger partial charge < -0.3 is 10.7 Å². The summed E-state index contributed by atoms with van der Waals surface area (Å²) in [4.78, 5) is 18.4. The number of aromatic nitrogens is 2. The molecule has 0 fully saturated rings. The average Bonchev–Trinajstić information content (AvgIpc) is 1.98. The van der Waals surface area contributed by atoms with Crippen molar-refractivity contribution in [2.24, 2.45) is 11.7 Å². The van der Waals surface area contributed by atoms with Crippen molar-refractivity contribution in [3.8, 4) is 0 Å². The number of hydrogen-bond donors (Lipinski definition) is 2. The second-order valence-corrected chi connectivity index (χ2v) is 4.46. The predicted octanol–water partition coefficient (Wildman–Crippen LogP) is 0.858. The Bertz CT molecular complexity index is 337. The van der Waals surface area contributed by atoms with Gasteiger partial charge in [0.15, 0.2) is 0 Å². The topological polar surface area (TPSA) is 71.8 Å². The molecule has 0 bridgehead atoms. The van der Waals surface area contributed by atoms with Gasteiger partial charge in [-0.1, -0.05) is 13.8 Å². The average molecular weight is 209 g/mol. The van der Waals surface area contributed by atoms with Crippen molar-refractivity contribution < 1.29 is 0 Å². The second kappa shape index (κ2) is 5.07. The van der Waals surface area contributed by atoms with Crippen LogP contribution in [0.2, 0.25) is 0 Å². The fraction of sp³-hybridized carbons (Fsp3) is 0.636. The van der Waals surface area contributed by atoms with Crippen LogP contribution in [-0.2, 0) is 12.8 Å². The minimum absolute atomic E-state index is 0.0162. The molecule has 0 radical (unpaired) electrons. The van der Waals surface area contributed by atoms with Crippen LogP contribution in [0.5, 0.6) is 0 Å². The molecule has 0 saturated heterocycles. The van der Waals surface area contributed by atoms with E-state index in [0.717, 1.165) is 12.1 Å². The minimum Gasteiger partial charge on any atom is -0.328 e. The highest BCUT2D eigenvalue weighted by Crippen LogP contribution is 2.03. The zero-order valence-corrected chi connectivity index (χ0v) is 9.58. The smallest absolute Gasteiger partial charge is 0.251 e. The van der Waals surface area contributed by atoms with Crippen molar-refractivity contribution in [1.82, 2.24) is 9.97 Å². The van der Waals surface area contributed by atoms with Crippen LogP contribution in [0.25, 0.3) is 0 Å². The molecule has 4 nitrogen and oxygen atoms in total. The molecule has 3 N–H and O–H groups in total. The Hall–Kier alpha value is -1.16. The molecule has 0 aliphatic carbocycles. The van der Waals surface area contributed by atoms with E-state index in [2.05, 4.69) is 23.8 Å². The molecular weight excluding hydrogens is 190 g/mol. The third kappa shape index (κ3) is 4.25. The van der Waals surface area contributed by atoms with Crippen LogP contribution in [-0.4, -0.2) is 16.0 Å². The highest BCUT2D eigenvalue weighted by Gasteiger charge is 2.05. The molecule has 1 rings (SSSR count). The van der Waals surface area contributed by atoms with Crippen LogP contribution in [0.15, 0.2) is 10.9 Å². The molecule has 1 heterocycles. The lowest BCUT2D eigenvalue weighted by molar-refractivity contribution is 0.622. The van der Waals surface area contributed by atoms with Crippen LogP contribution in [0, 0.1) is 5.92 Å². The highest BCUT2D eigenvalue weighted by atomic mass is 16.1. The first-order valence-corrected chi connectivity index (χ1v) is 5.32. The Labute approximate surface area is 89.9 Å². The van der Waals surface area contributed by atoms with E-state index >= 15 is 0 Å². The summed E-state index contributed by atoms with van der Waals surface area (Å²) < 4.78 is 0. The number of nitrogens with one attached hydrogen (secondary N) is 1. The van der Waals surface area contributed by atoms with Gasteiger partial charge >= 0.3 is 0 Å². The number of nitrogens with zero attached hydrogens (tertiary/aromatic N) is 1. The van der Waals surface area contributed by atoms with Gasteiger partial charge in [0.2, 0.25) is 0 Å². The fourth-order valence-electron chi connectivity index (χ4n) is 1.49. The Kier molecular flexibility index (Phi) is 4.03. The van der Waals surface area contributed by atoms with Gasteiger partial charge in [0.1, 0.15) is 5.82 Å². The van der Waals surface area contributed by atoms with E-state index < -0.39 is 0 Å². The van der Waals surface area contributed by atoms with Crippen molar-refractivity contribution in [1.29, 1.82) is 0 Å². The Balaban J connectivity index is 2.90. The monoisotopic (exact) mass is 209 g/mol. The SMILES string of the molecule is CC(C)Cc1cc(=O)[nH]c(CC(C)N)n1. The standard InChI is InChI=1S/C11H19N3O/c1-7(2)4-9-6-11(15)14-10(13-9)5-8(3)12/h6-8H,4-5,12H2,1-3H3,(H,13,14,15). The molecule has 0 aliphatic heterocycles. The number of aromatic amines is 1. The molecule has 1 unspecified atom stereocenters. The summed E-state index contributed by atoms with van der Waals surface area (Å²) in [6.45, 7) is 6.11. The van der Waals surface area contributed by atoms with Gasteiger partial charge in [0.25, 0.3) is 5.56 Å². The van der Waals surface area contributed by atoms with Gasteiger partial charge in [-0.15, -0.1) is 0 Å². The maximum atomic E-state index is 11.3. The lowest BCUT2D eigenvalue weighted by Crippen LogP contribution is -2.22. The molecule has 84 valence electrons. The third-order valence-electron chi connectivity index (χ3n) is 1.98. The van der Waals surface area contributed by atoms with E-state index in [1.165, 1.54) is 0 Å². The first-order chi connectivity index (χ1) is 6.97. The van der Waals surface area contributed by atoms with Crippen molar-refractivity contribution in [3.05, 3.63) is 27.9 Å². The van der Waals surface area contributed by atoms with Crippen molar-refractivity contribution in [2.75, 3.05) is 0 Å². The summed E-state index contributed by atoms with van der Waals surface area (Å²) >= 11 is 0. The minimum atomic E-state index is -0.0868. The highest BCUT2D eigenvalue weighted by molar-refractivity contribution is 5.04. The zero-order chi connectivity index (χ0) is 11.4. The maximum absolute atomic E-state index is 11.3. The molecule has 0 amide bonds. The van der Waals surface area contributed by atoms with E-state index in [-0.39, 0.29) is 11.6 Å². The van der Waals surface area contributed by atoms with Crippen LogP contribution in [0.1, 0.15) is 32.3 Å². The molecule has 1 aromatic rings. The first kappa shape index (κ1) is 11.9. The summed E-state index contributed by atoms with van der Waals surface area (Å²) in [6, 6.07) is 1.58. The lowest BCUT2D eigenvalue weighted by atomic mass is 10.1. The first-order valence-electron chi connectivity index (χ1n) is 5.32. The van der Waals surface area contributed by atoms with Gasteiger partial charge in [0, 0.05) is 24.2 Å². The summed E-state index contributed by atoms with van der Waals surface area (Å²) in [5.74, 6) is 1.19. The number of nitrogens with two attached hydrogens (primary N) is 1. The zero-order valence-electron chi connectivity index (χ0n) is 9.58. The molecule has 15 heavy (non-hydrogen) atoms. The summed E-state index contributed by atoms with van der Waals surface area (Å²) in [7, 11) is 0. The quantitative estimate of drug-likeness (QED) is 0.772. The number of rotatable bonds is 4. The van der Waals surface area contributed by atoms with E-state index in [1.54, 1.807) is 6.07 Å². The lowest BCUT2D eigenvalue weighted by Gasteiger charge is -2.07. The number of hydrogen-bond acceptors (Lipinski definition) is 3. The van der Waals surface area contributed by atoms with Crippen LogP contribution < -0.4 is 11.3 Å². The summed E-state index contributed by atoms with van der Waals surface area (Å²) in [5.41, 5.74) is 6.43. The fourth-order valence-corrected chi connectivity index (χ4v) is 1.49. The molecule has 1 aromatic heterocycles. The van der Waals surface area contributed by atoms with Gasteiger partial charge in [-0.05, 0) is 19.3 Å². The maximum Gasteiger partial charge on any atom is 0.251 e. The predicted molar refractivity (Wildman–Crippen MR) is 60.8 cm³/mol. The third-order valence-corrected chi connectivity index (χ3v) is 1.98. The van der Waals surface area contributed by atoms with Crippen LogP contribution in [0.4, 0.5) is 0 Å². The van der Waals surface area contributed by atoms with E-state index in [9.17, 15) is 4.79 Å². The normalized spacial score (nSPS) is 13.1. The van der Waals surface area contributed by atoms with Gasteiger partial charge in [0.05, 0.1) is 0 Å². The van der Waals surface area contributed by atoms with E-state index in [4.69, 9.17) is 5.73 Å². The van der Waals surface area contributed by atoms with E-state index in [1.807, 2.05) is 6.92 Å². The van der Waals surface area contributed by atoms with Gasteiger partial charge in [-0.3, -0.25) is 4.79 Å². The molecule has 0 aliphatic rings. The molecule has 0 spiro atoms. The Morgan fingerprint density at radius 1 is 1.40 bits per heavy atom. The molecular formula is C11H19N3O. The Morgan fingerprint density at radius 3 is 2.60 bits per heavy atom. The van der Waals surface area contributed by atoms with Crippen molar-refractivity contribution in [2.45, 2.75) is 39.7 Å². The van der Waals surface area contributed by atoms with Crippen molar-refractivity contribution >= 4 is 0 Å². The molecule has 0 aromatic carbocycles. The van der Waals surface area contributed by atoms with Crippen LogP contribution >= 0.6 is 0 Å².